The summed E-state index contributed by atoms with van der Waals surface area (Å²) in [4.78, 5) is 10.2. The van der Waals surface area contributed by atoms with Gasteiger partial charge in [0.2, 0.25) is 0 Å². The van der Waals surface area contributed by atoms with E-state index in [-0.39, 0.29) is 11.8 Å². The third-order valence-electron chi connectivity index (χ3n) is 3.20. The topological polar surface area (TPSA) is 82.7 Å². The van der Waals surface area contributed by atoms with Crippen molar-refractivity contribution in [2.24, 2.45) is 0 Å². The number of carboxylic acid groups (broad SMARTS) is 1. The molecule has 0 spiro atoms. The van der Waals surface area contributed by atoms with Crippen LogP contribution in [0.2, 0.25) is 0 Å². The summed E-state index contributed by atoms with van der Waals surface area (Å²) in [5.41, 5.74) is 0. The third-order valence-corrected chi connectivity index (χ3v) is 3.20. The molecule has 0 saturated heterocycles. The fourth-order valence-electron chi connectivity index (χ4n) is 2.10. The summed E-state index contributed by atoms with van der Waals surface area (Å²) in [6, 6.07) is 2.97. The lowest BCUT2D eigenvalue weighted by atomic mass is 10.1. The van der Waals surface area contributed by atoms with Crippen molar-refractivity contribution in [2.45, 2.75) is 51.5 Å². The summed E-state index contributed by atoms with van der Waals surface area (Å²) in [6.45, 7) is 0.631. The first-order valence-corrected chi connectivity index (χ1v) is 7.08. The minimum atomic E-state index is -0.887. The van der Waals surface area contributed by atoms with Crippen LogP contribution in [-0.4, -0.2) is 25.9 Å². The van der Waals surface area contributed by atoms with E-state index < -0.39 is 5.97 Å². The van der Waals surface area contributed by atoms with Gasteiger partial charge in [-0.05, 0) is 19.3 Å². The lowest BCUT2D eigenvalue weighted by molar-refractivity contribution is -0.131. The lowest BCUT2D eigenvalue weighted by Gasteiger charge is -2.06. The van der Waals surface area contributed by atoms with Crippen LogP contribution in [0.4, 0.5) is 0 Å². The SMILES string of the molecule is O=C(O)C=CCCCCCCCCn1c(O)ccc1O. The molecule has 1 aromatic heterocycles. The van der Waals surface area contributed by atoms with Gasteiger partial charge in [0.1, 0.15) is 0 Å². The molecule has 0 unspecified atom stereocenters. The second-order valence-electron chi connectivity index (χ2n) is 4.85. The Morgan fingerprint density at radius 3 is 2.15 bits per heavy atom. The Morgan fingerprint density at radius 1 is 1.00 bits per heavy atom. The van der Waals surface area contributed by atoms with Crippen LogP contribution >= 0.6 is 0 Å². The predicted octanol–water partition coefficient (Wildman–Crippen LogP) is 3.27. The van der Waals surface area contributed by atoms with Gasteiger partial charge < -0.3 is 15.3 Å². The zero-order valence-electron chi connectivity index (χ0n) is 11.7. The van der Waals surface area contributed by atoms with Gasteiger partial charge in [-0.2, -0.15) is 0 Å². The van der Waals surface area contributed by atoms with Crippen molar-refractivity contribution in [1.82, 2.24) is 4.57 Å². The van der Waals surface area contributed by atoms with Crippen LogP contribution < -0.4 is 0 Å². The van der Waals surface area contributed by atoms with Crippen molar-refractivity contribution >= 4 is 5.97 Å². The Kier molecular flexibility index (Phi) is 7.32. The van der Waals surface area contributed by atoms with Gasteiger partial charge in [0, 0.05) is 24.8 Å². The van der Waals surface area contributed by atoms with Gasteiger partial charge in [0.25, 0.3) is 0 Å². The minimum absolute atomic E-state index is 0.104. The van der Waals surface area contributed by atoms with Crippen molar-refractivity contribution in [2.75, 3.05) is 0 Å². The highest BCUT2D eigenvalue weighted by Crippen LogP contribution is 2.21. The average Bonchev–Trinajstić information content (AvgIpc) is 2.71. The van der Waals surface area contributed by atoms with E-state index in [0.29, 0.717) is 6.54 Å². The molecule has 0 aliphatic heterocycles. The van der Waals surface area contributed by atoms with E-state index in [1.165, 1.54) is 22.8 Å². The van der Waals surface area contributed by atoms with Gasteiger partial charge in [-0.25, -0.2) is 4.79 Å². The summed E-state index contributed by atoms with van der Waals surface area (Å²) >= 11 is 0. The van der Waals surface area contributed by atoms with Gasteiger partial charge in [-0.15, -0.1) is 0 Å². The molecule has 5 nitrogen and oxygen atoms in total. The van der Waals surface area contributed by atoms with Crippen LogP contribution in [0.25, 0.3) is 0 Å². The molecule has 1 rings (SSSR count). The van der Waals surface area contributed by atoms with Crippen molar-refractivity contribution in [3.63, 3.8) is 0 Å². The molecule has 0 radical (unpaired) electrons. The molecule has 0 atom stereocenters. The number of carboxylic acids is 1. The van der Waals surface area contributed by atoms with E-state index in [1.54, 1.807) is 6.08 Å². The lowest BCUT2D eigenvalue weighted by Crippen LogP contribution is -1.96. The van der Waals surface area contributed by atoms with Crippen LogP contribution in [-0.2, 0) is 11.3 Å². The molecule has 0 saturated carbocycles. The van der Waals surface area contributed by atoms with Crippen molar-refractivity contribution in [3.05, 3.63) is 24.3 Å². The van der Waals surface area contributed by atoms with Crippen molar-refractivity contribution in [3.8, 4) is 11.8 Å². The van der Waals surface area contributed by atoms with Crippen LogP contribution in [0.5, 0.6) is 11.8 Å². The Labute approximate surface area is 119 Å². The highest BCUT2D eigenvalue weighted by atomic mass is 16.4. The first-order chi connectivity index (χ1) is 9.61. The number of aromatic nitrogens is 1. The van der Waals surface area contributed by atoms with E-state index in [4.69, 9.17) is 5.11 Å². The first-order valence-electron chi connectivity index (χ1n) is 7.08. The normalized spacial score (nSPS) is 11.2. The van der Waals surface area contributed by atoms with Gasteiger partial charge in [0.05, 0.1) is 0 Å². The molecule has 0 aliphatic rings. The predicted molar refractivity (Wildman–Crippen MR) is 76.9 cm³/mol. The number of unbranched alkanes of at least 4 members (excludes halogenated alkanes) is 6. The monoisotopic (exact) mass is 281 g/mol. The molecule has 5 heteroatoms. The molecular formula is C15H23NO4. The van der Waals surface area contributed by atoms with Crippen LogP contribution in [0.15, 0.2) is 24.3 Å². The molecule has 0 aliphatic carbocycles. The summed E-state index contributed by atoms with van der Waals surface area (Å²) < 4.78 is 1.50. The number of aromatic hydroxyl groups is 2. The van der Waals surface area contributed by atoms with Crippen molar-refractivity contribution < 1.29 is 20.1 Å². The smallest absolute Gasteiger partial charge is 0.327 e. The number of allylic oxidation sites excluding steroid dienone is 1. The third kappa shape index (κ3) is 6.31. The Balaban J connectivity index is 1.97. The summed E-state index contributed by atoms with van der Waals surface area (Å²) in [5, 5.41) is 27.3. The molecule has 20 heavy (non-hydrogen) atoms. The van der Waals surface area contributed by atoms with Gasteiger partial charge in [-0.3, -0.25) is 4.57 Å². The fraction of sp³-hybridized carbons (Fsp3) is 0.533. The summed E-state index contributed by atoms with van der Waals surface area (Å²) in [6.07, 6.45) is 10.0. The number of aliphatic carboxylic acids is 1. The highest BCUT2D eigenvalue weighted by molar-refractivity contribution is 5.79. The van der Waals surface area contributed by atoms with Crippen molar-refractivity contribution in [1.29, 1.82) is 0 Å². The van der Waals surface area contributed by atoms with Crippen LogP contribution in [0.1, 0.15) is 44.9 Å². The zero-order valence-corrected chi connectivity index (χ0v) is 11.7. The molecule has 0 amide bonds. The van der Waals surface area contributed by atoms with E-state index in [9.17, 15) is 15.0 Å². The maximum absolute atomic E-state index is 10.2. The maximum Gasteiger partial charge on any atom is 0.327 e. The zero-order chi connectivity index (χ0) is 14.8. The molecule has 1 heterocycles. The van der Waals surface area contributed by atoms with Gasteiger partial charge in [-0.1, -0.05) is 31.8 Å². The standard InChI is InChI=1S/C15H23NO4/c17-13-10-11-14(18)16(13)12-8-6-4-2-1-3-5-7-9-15(19)20/h7,9-11,17-18H,1-6,8,12H2,(H,19,20). The largest absolute Gasteiger partial charge is 0.494 e. The molecule has 112 valence electrons. The second kappa shape index (κ2) is 9.07. The number of rotatable bonds is 10. The number of carbonyl (C=O) groups is 1. The number of hydrogen-bond donors (Lipinski definition) is 3. The Hall–Kier alpha value is -1.91. The van der Waals surface area contributed by atoms with Gasteiger partial charge >= 0.3 is 5.97 Å². The van der Waals surface area contributed by atoms with Crippen LogP contribution in [0.3, 0.4) is 0 Å². The molecule has 0 aromatic carbocycles. The van der Waals surface area contributed by atoms with E-state index >= 15 is 0 Å². The summed E-state index contributed by atoms with van der Waals surface area (Å²) in [7, 11) is 0. The molecule has 3 N–H and O–H groups in total. The molecule has 0 bridgehead atoms. The first kappa shape index (κ1) is 16.1. The Morgan fingerprint density at radius 2 is 1.55 bits per heavy atom. The van der Waals surface area contributed by atoms with E-state index in [1.807, 2.05) is 0 Å². The summed E-state index contributed by atoms with van der Waals surface area (Å²) in [5.74, 6) is -0.679. The second-order valence-corrected chi connectivity index (χ2v) is 4.85. The molecule has 1 aromatic rings. The molecular weight excluding hydrogens is 258 g/mol. The number of hydrogen-bond acceptors (Lipinski definition) is 3. The fourth-order valence-corrected chi connectivity index (χ4v) is 2.10. The highest BCUT2D eigenvalue weighted by Gasteiger charge is 2.04. The van der Waals surface area contributed by atoms with Crippen LogP contribution in [0, 0.1) is 0 Å². The average molecular weight is 281 g/mol. The molecule has 0 fully saturated rings. The number of nitrogens with zero attached hydrogens (tertiary/aromatic N) is 1. The Bertz CT molecular complexity index is 418. The van der Waals surface area contributed by atoms with Gasteiger partial charge in [0.15, 0.2) is 11.8 Å². The minimum Gasteiger partial charge on any atom is -0.494 e. The maximum atomic E-state index is 10.2. The van der Waals surface area contributed by atoms with E-state index in [2.05, 4.69) is 0 Å². The van der Waals surface area contributed by atoms with E-state index in [0.717, 1.165) is 44.9 Å². The quantitative estimate of drug-likeness (QED) is 0.454.